The summed E-state index contributed by atoms with van der Waals surface area (Å²) in [6.07, 6.45) is 0. The highest BCUT2D eigenvalue weighted by Crippen LogP contribution is 2.50. The summed E-state index contributed by atoms with van der Waals surface area (Å²) in [4.78, 5) is 0. The number of rotatable bonds is 1. The lowest BCUT2D eigenvalue weighted by Crippen LogP contribution is -2.13. The summed E-state index contributed by atoms with van der Waals surface area (Å²) in [5, 5.41) is 7.07. The molecule has 0 atom stereocenters. The van der Waals surface area contributed by atoms with Crippen LogP contribution in [0.5, 0.6) is 0 Å². The molecule has 0 aliphatic rings. The molecule has 0 bridgehead atoms. The van der Waals surface area contributed by atoms with Crippen molar-refractivity contribution < 1.29 is 1.37 Å². The van der Waals surface area contributed by atoms with Gasteiger partial charge in [-0.25, -0.2) is 0 Å². The number of thiophene rings is 1. The van der Waals surface area contributed by atoms with Gasteiger partial charge in [-0.3, -0.25) is 0 Å². The van der Waals surface area contributed by atoms with E-state index in [1.807, 2.05) is 12.1 Å². The normalized spacial score (nSPS) is 12.8. The molecule has 2 N–H and O–H groups in total. The summed E-state index contributed by atoms with van der Waals surface area (Å²) in [6, 6.07) is 28.1. The summed E-state index contributed by atoms with van der Waals surface area (Å²) in [7, 11) is 0. The molecule has 0 amide bonds. The maximum atomic E-state index is 8.99. The topological polar surface area (TPSA) is 26.0 Å². The van der Waals surface area contributed by atoms with Gasteiger partial charge in [-0.1, -0.05) is 99.6 Å². The highest BCUT2D eigenvalue weighted by atomic mass is 32.1. The monoisotopic (exact) mass is 432 g/mol. The first-order chi connectivity index (χ1) is 15.9. The summed E-state index contributed by atoms with van der Waals surface area (Å²) in [5.41, 5.74) is 10.9. The lowest BCUT2D eigenvalue weighted by atomic mass is 9.78. The minimum Gasteiger partial charge on any atom is -0.397 e. The lowest BCUT2D eigenvalue weighted by Gasteiger charge is -2.26. The number of nitrogen functional groups attached to an aromatic ring is 1. The van der Waals surface area contributed by atoms with E-state index in [0.717, 1.165) is 43.2 Å². The number of fused-ring (bicyclic) bond motifs is 6. The zero-order valence-corrected chi connectivity index (χ0v) is 19.3. The molecule has 6 rings (SSSR count). The molecule has 5 aromatic carbocycles. The van der Waals surface area contributed by atoms with Crippen LogP contribution in [0, 0.1) is 0 Å². The molecule has 0 saturated heterocycles. The molecule has 156 valence electrons. The van der Waals surface area contributed by atoms with Crippen LogP contribution >= 0.6 is 11.3 Å². The highest BCUT2D eigenvalue weighted by Gasteiger charge is 2.25. The maximum absolute atomic E-state index is 8.99. The molecular weight excluding hydrogens is 406 g/mol. The quantitative estimate of drug-likeness (QED) is 0.258. The Kier molecular flexibility index (Phi) is 3.88. The van der Waals surface area contributed by atoms with Crippen molar-refractivity contribution in [3.8, 4) is 11.1 Å². The van der Waals surface area contributed by atoms with Crippen LogP contribution in [0.3, 0.4) is 0 Å². The molecule has 6 aromatic rings. The van der Waals surface area contributed by atoms with Crippen molar-refractivity contribution in [3.05, 3.63) is 90.5 Å². The number of anilines is 1. The van der Waals surface area contributed by atoms with Gasteiger partial charge in [0, 0.05) is 21.0 Å². The molecule has 0 aliphatic heterocycles. The van der Waals surface area contributed by atoms with Crippen LogP contribution in [0.1, 0.15) is 27.7 Å². The SMILES string of the molecule is [2H]c1cc2ccccc2c(-c2c(N)c3sc4ccccc4c3c3ccccc23)c1C(C)(C)C. The molecule has 0 unspecified atom stereocenters. The van der Waals surface area contributed by atoms with Crippen molar-refractivity contribution in [1.82, 2.24) is 0 Å². The average molecular weight is 433 g/mol. The van der Waals surface area contributed by atoms with Gasteiger partial charge in [0.05, 0.1) is 11.8 Å². The Bertz CT molecular complexity index is 1720. The van der Waals surface area contributed by atoms with Gasteiger partial charge in [0.15, 0.2) is 0 Å². The fourth-order valence-corrected chi connectivity index (χ4v) is 6.19. The van der Waals surface area contributed by atoms with Crippen molar-refractivity contribution in [2.24, 2.45) is 0 Å². The second-order valence-electron chi connectivity index (χ2n) is 9.51. The maximum Gasteiger partial charge on any atom is 0.0626 e. The third-order valence-corrected chi connectivity index (χ3v) is 7.63. The minimum atomic E-state index is -0.209. The van der Waals surface area contributed by atoms with Gasteiger partial charge < -0.3 is 5.73 Å². The molecule has 1 aromatic heterocycles. The molecule has 2 heteroatoms. The molecule has 0 spiro atoms. The molecule has 0 aliphatic carbocycles. The van der Waals surface area contributed by atoms with Crippen molar-refractivity contribution in [1.29, 1.82) is 0 Å². The third kappa shape index (κ3) is 2.69. The first-order valence-electron chi connectivity index (χ1n) is 11.5. The van der Waals surface area contributed by atoms with E-state index in [-0.39, 0.29) is 5.41 Å². The van der Waals surface area contributed by atoms with Crippen LogP contribution in [0.2, 0.25) is 0 Å². The Morgan fingerprint density at radius 2 is 1.34 bits per heavy atom. The van der Waals surface area contributed by atoms with Gasteiger partial charge in [-0.05, 0) is 44.2 Å². The predicted octanol–water partition coefficient (Wildman–Crippen LogP) is 8.91. The van der Waals surface area contributed by atoms with E-state index in [4.69, 9.17) is 7.10 Å². The fourth-order valence-electron chi connectivity index (χ4n) is 5.01. The van der Waals surface area contributed by atoms with Crippen molar-refractivity contribution in [2.75, 3.05) is 5.73 Å². The fraction of sp³-hybridized carbons (Fsp3) is 0.133. The van der Waals surface area contributed by atoms with E-state index < -0.39 is 0 Å². The van der Waals surface area contributed by atoms with E-state index in [2.05, 4.69) is 87.5 Å². The zero-order valence-electron chi connectivity index (χ0n) is 19.5. The van der Waals surface area contributed by atoms with Crippen LogP contribution in [0.4, 0.5) is 5.69 Å². The smallest absolute Gasteiger partial charge is 0.0626 e. The summed E-state index contributed by atoms with van der Waals surface area (Å²) in [5.74, 6) is 0. The second-order valence-corrected chi connectivity index (χ2v) is 10.6. The first-order valence-corrected chi connectivity index (χ1v) is 11.8. The molecule has 0 fully saturated rings. The van der Waals surface area contributed by atoms with E-state index in [1.165, 1.54) is 20.9 Å². The van der Waals surface area contributed by atoms with Crippen molar-refractivity contribution >= 4 is 58.7 Å². The zero-order chi connectivity index (χ0) is 22.9. The van der Waals surface area contributed by atoms with Gasteiger partial charge in [0.2, 0.25) is 0 Å². The predicted molar refractivity (Wildman–Crippen MR) is 143 cm³/mol. The third-order valence-electron chi connectivity index (χ3n) is 6.43. The number of hydrogen-bond donors (Lipinski definition) is 1. The van der Waals surface area contributed by atoms with Crippen LogP contribution in [0.15, 0.2) is 84.9 Å². The lowest BCUT2D eigenvalue weighted by molar-refractivity contribution is 0.593. The van der Waals surface area contributed by atoms with Crippen LogP contribution in [0.25, 0.3) is 52.8 Å². The van der Waals surface area contributed by atoms with E-state index in [9.17, 15) is 0 Å². The Balaban J connectivity index is 1.92. The molecule has 1 nitrogen and oxygen atoms in total. The highest BCUT2D eigenvalue weighted by molar-refractivity contribution is 7.26. The van der Waals surface area contributed by atoms with Crippen molar-refractivity contribution in [3.63, 3.8) is 0 Å². The molecule has 32 heavy (non-hydrogen) atoms. The van der Waals surface area contributed by atoms with Crippen molar-refractivity contribution in [2.45, 2.75) is 26.2 Å². The Hall–Kier alpha value is -3.36. The average Bonchev–Trinajstić information content (AvgIpc) is 3.18. The molecular formula is C30H25NS. The van der Waals surface area contributed by atoms with Crippen LogP contribution < -0.4 is 5.73 Å². The van der Waals surface area contributed by atoms with E-state index in [0.29, 0.717) is 6.04 Å². The second kappa shape index (κ2) is 6.82. The largest absolute Gasteiger partial charge is 0.397 e. The minimum absolute atomic E-state index is 0.209. The Morgan fingerprint density at radius 1 is 0.719 bits per heavy atom. The van der Waals surface area contributed by atoms with Gasteiger partial charge >= 0.3 is 0 Å². The van der Waals surface area contributed by atoms with Crippen LogP contribution in [-0.2, 0) is 5.41 Å². The van der Waals surface area contributed by atoms with E-state index >= 15 is 0 Å². The van der Waals surface area contributed by atoms with Gasteiger partial charge in [0.1, 0.15) is 0 Å². The standard InChI is InChI=1S/C30H25NS/c1-30(2,3)23-17-16-18-10-4-5-11-19(18)26(23)27-21-13-7-6-12-20(21)25-22-14-8-9-15-24(22)32-29(25)28(27)31/h4-17H,31H2,1-3H3/i17D. The van der Waals surface area contributed by atoms with E-state index in [1.54, 1.807) is 11.3 Å². The Morgan fingerprint density at radius 3 is 2.09 bits per heavy atom. The van der Waals surface area contributed by atoms with Gasteiger partial charge in [-0.15, -0.1) is 11.3 Å². The van der Waals surface area contributed by atoms with Gasteiger partial charge in [-0.2, -0.15) is 0 Å². The Labute approximate surface area is 193 Å². The summed E-state index contributed by atoms with van der Waals surface area (Å²) < 4.78 is 11.4. The summed E-state index contributed by atoms with van der Waals surface area (Å²) in [6.45, 7) is 6.57. The summed E-state index contributed by atoms with van der Waals surface area (Å²) >= 11 is 1.76. The number of hydrogen-bond acceptors (Lipinski definition) is 2. The first kappa shape index (κ1) is 18.2. The van der Waals surface area contributed by atoms with Crippen LogP contribution in [-0.4, -0.2) is 0 Å². The van der Waals surface area contributed by atoms with Gasteiger partial charge in [0.25, 0.3) is 0 Å². The number of benzene rings is 5. The number of nitrogens with two attached hydrogens (primary N) is 1. The molecule has 1 heterocycles. The molecule has 0 saturated carbocycles. The molecule has 0 radical (unpaired) electrons.